The monoisotopic (exact) mass is 348 g/mol. The Balaban J connectivity index is 1.67. The fraction of sp³-hybridized carbons (Fsp3) is 0.235. The van der Waals surface area contributed by atoms with Gasteiger partial charge in [0.05, 0.1) is 6.61 Å². The smallest absolute Gasteiger partial charge is 0.311 e. The van der Waals surface area contributed by atoms with Crippen LogP contribution in [-0.2, 0) is 4.79 Å². The van der Waals surface area contributed by atoms with Gasteiger partial charge < -0.3 is 9.47 Å². The van der Waals surface area contributed by atoms with E-state index in [1.54, 1.807) is 12.1 Å². The summed E-state index contributed by atoms with van der Waals surface area (Å²) in [5, 5.41) is 0. The zero-order valence-corrected chi connectivity index (χ0v) is 13.4. The number of aryl methyl sites for hydroxylation is 1. The number of hydrogen-bond acceptors (Lipinski definition) is 3. The zero-order valence-electron chi connectivity index (χ0n) is 11.8. The molecule has 2 rings (SSSR count). The molecule has 0 bridgehead atoms. The molecule has 0 heterocycles. The molecule has 0 saturated heterocycles. The maximum atomic E-state index is 11.7. The molecule has 4 heteroatoms. The Morgan fingerprint density at radius 2 is 1.62 bits per heavy atom. The second kappa shape index (κ2) is 7.84. The first kappa shape index (κ1) is 15.6. The molecule has 0 atom stereocenters. The van der Waals surface area contributed by atoms with Gasteiger partial charge in [0.1, 0.15) is 11.5 Å². The van der Waals surface area contributed by atoms with Crippen LogP contribution in [0.3, 0.4) is 0 Å². The van der Waals surface area contributed by atoms with Crippen molar-refractivity contribution < 1.29 is 14.3 Å². The van der Waals surface area contributed by atoms with E-state index in [2.05, 4.69) is 15.9 Å². The van der Waals surface area contributed by atoms with E-state index in [1.807, 2.05) is 43.3 Å². The molecule has 0 aliphatic rings. The predicted octanol–water partition coefficient (Wildman–Crippen LogP) is 4.52. The quantitative estimate of drug-likeness (QED) is 0.437. The van der Waals surface area contributed by atoms with Crippen molar-refractivity contribution in [1.82, 2.24) is 0 Å². The number of ether oxygens (including phenoxy) is 2. The van der Waals surface area contributed by atoms with Crippen LogP contribution in [0.1, 0.15) is 18.4 Å². The molecule has 0 amide bonds. The molecular formula is C17H17BrO3. The summed E-state index contributed by atoms with van der Waals surface area (Å²) in [6.45, 7) is 2.53. The van der Waals surface area contributed by atoms with Crippen molar-refractivity contribution in [2.45, 2.75) is 19.8 Å². The van der Waals surface area contributed by atoms with Crippen molar-refractivity contribution in [2.75, 3.05) is 6.61 Å². The lowest BCUT2D eigenvalue weighted by Gasteiger charge is -2.07. The number of halogens is 1. The minimum Gasteiger partial charge on any atom is -0.494 e. The lowest BCUT2D eigenvalue weighted by Crippen LogP contribution is -2.09. The first-order chi connectivity index (χ1) is 10.1. The maximum Gasteiger partial charge on any atom is 0.311 e. The van der Waals surface area contributed by atoms with Crippen LogP contribution in [0, 0.1) is 6.92 Å². The number of hydrogen-bond donors (Lipinski definition) is 0. The van der Waals surface area contributed by atoms with E-state index in [-0.39, 0.29) is 5.97 Å². The van der Waals surface area contributed by atoms with Crippen LogP contribution < -0.4 is 9.47 Å². The fourth-order valence-electron chi connectivity index (χ4n) is 1.73. The summed E-state index contributed by atoms with van der Waals surface area (Å²) in [7, 11) is 0. The van der Waals surface area contributed by atoms with Crippen molar-refractivity contribution in [3.05, 3.63) is 58.6 Å². The molecule has 2 aromatic rings. The molecular weight excluding hydrogens is 332 g/mol. The molecule has 0 aliphatic heterocycles. The molecule has 2 aromatic carbocycles. The van der Waals surface area contributed by atoms with E-state index < -0.39 is 0 Å². The van der Waals surface area contributed by atoms with Gasteiger partial charge in [-0.2, -0.15) is 0 Å². The van der Waals surface area contributed by atoms with Crippen LogP contribution in [0.2, 0.25) is 0 Å². The minimum atomic E-state index is -0.246. The predicted molar refractivity (Wildman–Crippen MR) is 85.7 cm³/mol. The molecule has 0 radical (unpaired) electrons. The Bertz CT molecular complexity index is 576. The highest BCUT2D eigenvalue weighted by Crippen LogP contribution is 2.17. The van der Waals surface area contributed by atoms with Gasteiger partial charge in [0.15, 0.2) is 0 Å². The molecule has 0 fully saturated rings. The normalized spacial score (nSPS) is 10.2. The van der Waals surface area contributed by atoms with Gasteiger partial charge in [0.25, 0.3) is 0 Å². The van der Waals surface area contributed by atoms with E-state index >= 15 is 0 Å². The summed E-state index contributed by atoms with van der Waals surface area (Å²) in [5.74, 6) is 1.13. The van der Waals surface area contributed by atoms with Gasteiger partial charge in [-0.05, 0) is 49.7 Å². The Hall–Kier alpha value is -1.81. The van der Waals surface area contributed by atoms with Crippen LogP contribution >= 0.6 is 15.9 Å². The average Bonchev–Trinajstić information content (AvgIpc) is 2.48. The first-order valence-electron chi connectivity index (χ1n) is 6.79. The van der Waals surface area contributed by atoms with Crippen molar-refractivity contribution in [3.8, 4) is 11.5 Å². The SMILES string of the molecule is Cc1ccc(OCCCC(=O)Oc2ccc(Br)cc2)cc1. The van der Waals surface area contributed by atoms with Crippen LogP contribution in [0.4, 0.5) is 0 Å². The third-order valence-electron chi connectivity index (χ3n) is 2.86. The molecule has 0 spiro atoms. The van der Waals surface area contributed by atoms with Gasteiger partial charge in [-0.25, -0.2) is 0 Å². The highest BCUT2D eigenvalue weighted by molar-refractivity contribution is 9.10. The molecule has 110 valence electrons. The van der Waals surface area contributed by atoms with Crippen molar-refractivity contribution in [3.63, 3.8) is 0 Å². The molecule has 0 saturated carbocycles. The fourth-order valence-corrected chi connectivity index (χ4v) is 1.99. The molecule has 0 unspecified atom stereocenters. The summed E-state index contributed by atoms with van der Waals surface area (Å²) in [5.41, 5.74) is 1.19. The van der Waals surface area contributed by atoms with Gasteiger partial charge in [-0.3, -0.25) is 4.79 Å². The highest BCUT2D eigenvalue weighted by atomic mass is 79.9. The summed E-state index contributed by atoms with van der Waals surface area (Å²) in [6.07, 6.45) is 0.963. The van der Waals surface area contributed by atoms with E-state index in [1.165, 1.54) is 5.56 Å². The van der Waals surface area contributed by atoms with E-state index in [0.717, 1.165) is 10.2 Å². The molecule has 0 aliphatic carbocycles. The standard InChI is InChI=1S/C17H17BrO3/c1-13-4-8-15(9-5-13)20-12-2-3-17(19)21-16-10-6-14(18)7-11-16/h4-11H,2-3,12H2,1H3. The van der Waals surface area contributed by atoms with Gasteiger partial charge in [0, 0.05) is 10.9 Å². The van der Waals surface area contributed by atoms with E-state index in [9.17, 15) is 4.79 Å². The Morgan fingerprint density at radius 3 is 2.29 bits per heavy atom. The summed E-state index contributed by atoms with van der Waals surface area (Å²) >= 11 is 3.33. The summed E-state index contributed by atoms with van der Waals surface area (Å²) in [6, 6.07) is 15.0. The topological polar surface area (TPSA) is 35.5 Å². The summed E-state index contributed by atoms with van der Waals surface area (Å²) < 4.78 is 11.7. The largest absolute Gasteiger partial charge is 0.494 e. The summed E-state index contributed by atoms with van der Waals surface area (Å²) in [4.78, 5) is 11.7. The van der Waals surface area contributed by atoms with Gasteiger partial charge in [-0.1, -0.05) is 33.6 Å². The first-order valence-corrected chi connectivity index (χ1v) is 7.58. The third kappa shape index (κ3) is 5.60. The lowest BCUT2D eigenvalue weighted by atomic mass is 10.2. The van der Waals surface area contributed by atoms with Crippen LogP contribution in [-0.4, -0.2) is 12.6 Å². The van der Waals surface area contributed by atoms with Crippen LogP contribution in [0.25, 0.3) is 0 Å². The number of carbonyl (C=O) groups is 1. The zero-order chi connectivity index (χ0) is 15.1. The molecule has 0 aromatic heterocycles. The van der Waals surface area contributed by atoms with Gasteiger partial charge >= 0.3 is 5.97 Å². The molecule has 3 nitrogen and oxygen atoms in total. The lowest BCUT2D eigenvalue weighted by molar-refractivity contribution is -0.134. The van der Waals surface area contributed by atoms with Crippen molar-refractivity contribution in [2.24, 2.45) is 0 Å². The van der Waals surface area contributed by atoms with Gasteiger partial charge in [0.2, 0.25) is 0 Å². The maximum absolute atomic E-state index is 11.7. The Kier molecular flexibility index (Phi) is 5.81. The van der Waals surface area contributed by atoms with Crippen LogP contribution in [0.5, 0.6) is 11.5 Å². The van der Waals surface area contributed by atoms with E-state index in [0.29, 0.717) is 25.2 Å². The number of rotatable bonds is 6. The van der Waals surface area contributed by atoms with Gasteiger partial charge in [-0.15, -0.1) is 0 Å². The number of carbonyl (C=O) groups excluding carboxylic acids is 1. The minimum absolute atomic E-state index is 0.246. The number of esters is 1. The highest BCUT2D eigenvalue weighted by Gasteiger charge is 2.05. The third-order valence-corrected chi connectivity index (χ3v) is 3.39. The molecule has 21 heavy (non-hydrogen) atoms. The van der Waals surface area contributed by atoms with Crippen molar-refractivity contribution in [1.29, 1.82) is 0 Å². The second-order valence-corrected chi connectivity index (χ2v) is 5.61. The molecule has 0 N–H and O–H groups in total. The number of benzene rings is 2. The van der Waals surface area contributed by atoms with Crippen molar-refractivity contribution >= 4 is 21.9 Å². The Labute approximate surface area is 133 Å². The Morgan fingerprint density at radius 1 is 1.00 bits per heavy atom. The second-order valence-electron chi connectivity index (χ2n) is 4.69. The van der Waals surface area contributed by atoms with E-state index in [4.69, 9.17) is 9.47 Å². The van der Waals surface area contributed by atoms with Crippen LogP contribution in [0.15, 0.2) is 53.0 Å². The average molecular weight is 349 g/mol.